The number of hydrogen-bond acceptors (Lipinski definition) is 2. The van der Waals surface area contributed by atoms with Crippen LogP contribution in [0.4, 0.5) is 0 Å². The molecule has 0 N–H and O–H groups in total. The van der Waals surface area contributed by atoms with Crippen molar-refractivity contribution in [1.29, 1.82) is 0 Å². The largest absolute Gasteiger partial charge is 0.366 e. The van der Waals surface area contributed by atoms with Gasteiger partial charge in [0.1, 0.15) is 0 Å². The Morgan fingerprint density at radius 1 is 1.00 bits per heavy atom. The summed E-state index contributed by atoms with van der Waals surface area (Å²) in [6, 6.07) is 10.0. The number of ether oxygens (including phenoxy) is 1. The van der Waals surface area contributed by atoms with Crippen molar-refractivity contribution in [3.63, 3.8) is 0 Å². The summed E-state index contributed by atoms with van der Waals surface area (Å²) < 4.78 is 5.42. The van der Waals surface area contributed by atoms with Crippen molar-refractivity contribution in [2.75, 3.05) is 26.4 Å². The molecule has 1 rings (SSSR count). The second-order valence-electron chi connectivity index (χ2n) is 5.06. The molecule has 0 spiro atoms. The molecule has 0 heterocycles. The number of rotatable bonds is 10. The van der Waals surface area contributed by atoms with Crippen LogP contribution in [0.2, 0.25) is 0 Å². The van der Waals surface area contributed by atoms with Crippen LogP contribution in [0.5, 0.6) is 0 Å². The average molecular weight is 291 g/mol. The summed E-state index contributed by atoms with van der Waals surface area (Å²) in [5, 5.41) is 0. The molecule has 0 saturated carbocycles. The van der Waals surface area contributed by atoms with Crippen molar-refractivity contribution >= 4 is 6.08 Å². The molecule has 120 valence electrons. The van der Waals surface area contributed by atoms with E-state index in [1.165, 1.54) is 44.3 Å². The normalized spacial score (nSPS) is 10.1. The Hall–Kier alpha value is -1.12. The van der Waals surface area contributed by atoms with E-state index in [0.29, 0.717) is 0 Å². The van der Waals surface area contributed by atoms with E-state index >= 15 is 0 Å². The van der Waals surface area contributed by atoms with Gasteiger partial charge < -0.3 is 4.74 Å². The van der Waals surface area contributed by atoms with Crippen LogP contribution in [0, 0.1) is 0 Å². The van der Waals surface area contributed by atoms with Gasteiger partial charge >= 0.3 is 0 Å². The lowest BCUT2D eigenvalue weighted by molar-refractivity contribution is 0.0340. The Morgan fingerprint density at radius 3 is 1.95 bits per heavy atom. The maximum absolute atomic E-state index is 5.42. The predicted octanol–water partition coefficient (Wildman–Crippen LogP) is 5.21. The van der Waals surface area contributed by atoms with Crippen molar-refractivity contribution in [1.82, 2.24) is 4.90 Å². The Balaban J connectivity index is 0.000000423. The Kier molecular flexibility index (Phi) is 14.5. The van der Waals surface area contributed by atoms with Gasteiger partial charge in [-0.1, -0.05) is 69.7 Å². The van der Waals surface area contributed by atoms with Crippen LogP contribution >= 0.6 is 0 Å². The second-order valence-corrected chi connectivity index (χ2v) is 5.06. The van der Waals surface area contributed by atoms with Crippen LogP contribution in [0.3, 0.4) is 0 Å². The zero-order valence-electron chi connectivity index (χ0n) is 14.2. The summed E-state index contributed by atoms with van der Waals surface area (Å²) in [6.07, 6.45) is 6.96. The third-order valence-corrected chi connectivity index (χ3v) is 3.17. The lowest BCUT2D eigenvalue weighted by atomic mass is 10.2. The molecule has 0 aromatic heterocycles. The van der Waals surface area contributed by atoms with E-state index in [0.717, 1.165) is 13.3 Å². The van der Waals surface area contributed by atoms with Crippen molar-refractivity contribution in [2.24, 2.45) is 0 Å². The molecule has 1 aromatic rings. The number of unbranched alkanes of at least 4 members (excludes halogenated alkanes) is 2. The van der Waals surface area contributed by atoms with Crippen LogP contribution in [0.25, 0.3) is 6.08 Å². The fourth-order valence-electron chi connectivity index (χ4n) is 1.81. The summed E-state index contributed by atoms with van der Waals surface area (Å²) in [5.41, 5.74) is 1.17. The van der Waals surface area contributed by atoms with Crippen LogP contribution < -0.4 is 0 Å². The molecule has 0 fully saturated rings. The lowest BCUT2D eigenvalue weighted by Crippen LogP contribution is -2.28. The number of benzene rings is 1. The van der Waals surface area contributed by atoms with E-state index in [2.05, 4.69) is 32.3 Å². The Labute approximate surface area is 131 Å². The van der Waals surface area contributed by atoms with Gasteiger partial charge in [0.15, 0.2) is 0 Å². The van der Waals surface area contributed by atoms with Gasteiger partial charge in [-0.05, 0) is 25.3 Å². The monoisotopic (exact) mass is 291 g/mol. The van der Waals surface area contributed by atoms with Gasteiger partial charge in [-0.25, -0.2) is 0 Å². The van der Waals surface area contributed by atoms with E-state index in [1.54, 1.807) is 0 Å². The molecule has 0 aliphatic heterocycles. The van der Waals surface area contributed by atoms with E-state index in [-0.39, 0.29) is 0 Å². The summed E-state index contributed by atoms with van der Waals surface area (Å²) in [4.78, 5) is 2.41. The molecule has 0 amide bonds. The molecule has 0 aliphatic carbocycles. The van der Waals surface area contributed by atoms with Crippen molar-refractivity contribution in [2.45, 2.75) is 46.5 Å². The van der Waals surface area contributed by atoms with Gasteiger partial charge in [0.2, 0.25) is 0 Å². The van der Waals surface area contributed by atoms with Gasteiger partial charge in [0.25, 0.3) is 0 Å². The van der Waals surface area contributed by atoms with E-state index in [9.17, 15) is 0 Å². The maximum Gasteiger partial charge on any atom is 0.0990 e. The lowest BCUT2D eigenvalue weighted by Gasteiger charge is -2.21. The highest BCUT2D eigenvalue weighted by Gasteiger charge is 2.02. The van der Waals surface area contributed by atoms with E-state index < -0.39 is 0 Å². The first-order chi connectivity index (χ1) is 10.3. The van der Waals surface area contributed by atoms with Crippen LogP contribution in [0.1, 0.15) is 52.0 Å². The predicted molar refractivity (Wildman–Crippen MR) is 94.4 cm³/mol. The molecule has 0 unspecified atom stereocenters. The first-order valence-electron chi connectivity index (χ1n) is 8.25. The molecular formula is C19H33NO. The van der Waals surface area contributed by atoms with Crippen molar-refractivity contribution in [3.8, 4) is 0 Å². The summed E-state index contributed by atoms with van der Waals surface area (Å²) in [6.45, 7) is 14.2. The molecule has 0 bridgehead atoms. The standard InChI is InChI=1S/C11H25NO.C8H8/c1-4-7-9-12(10-8-5-2)11-13-6-3;1-2-8-6-4-3-5-7-8/h4-11H2,1-3H3;2-7H,1H2. The highest BCUT2D eigenvalue weighted by molar-refractivity contribution is 5.45. The first kappa shape index (κ1) is 19.9. The minimum Gasteiger partial charge on any atom is -0.366 e. The zero-order chi connectivity index (χ0) is 15.8. The first-order valence-corrected chi connectivity index (χ1v) is 8.25. The third kappa shape index (κ3) is 12.3. The third-order valence-electron chi connectivity index (χ3n) is 3.17. The number of hydrogen-bond donors (Lipinski definition) is 0. The Morgan fingerprint density at radius 2 is 1.57 bits per heavy atom. The molecule has 0 aliphatic rings. The minimum atomic E-state index is 0.816. The second kappa shape index (κ2) is 15.3. The summed E-state index contributed by atoms with van der Waals surface area (Å²) >= 11 is 0. The van der Waals surface area contributed by atoms with Crippen LogP contribution in [-0.4, -0.2) is 31.3 Å². The summed E-state index contributed by atoms with van der Waals surface area (Å²) in [7, 11) is 0. The fraction of sp³-hybridized carbons (Fsp3) is 0.579. The van der Waals surface area contributed by atoms with Gasteiger partial charge in [0.05, 0.1) is 6.73 Å². The molecule has 2 heteroatoms. The van der Waals surface area contributed by atoms with Crippen molar-refractivity contribution in [3.05, 3.63) is 42.5 Å². The highest BCUT2D eigenvalue weighted by atomic mass is 16.5. The molecule has 0 saturated heterocycles. The minimum absolute atomic E-state index is 0.816. The maximum atomic E-state index is 5.42. The SMILES string of the molecule is C=Cc1ccccc1.CCCCN(CCCC)COCC. The summed E-state index contributed by atoms with van der Waals surface area (Å²) in [5.74, 6) is 0. The molecule has 2 nitrogen and oxygen atoms in total. The topological polar surface area (TPSA) is 12.5 Å². The van der Waals surface area contributed by atoms with Crippen molar-refractivity contribution < 1.29 is 4.74 Å². The van der Waals surface area contributed by atoms with Gasteiger partial charge in [-0.15, -0.1) is 0 Å². The number of nitrogens with zero attached hydrogens (tertiary/aromatic N) is 1. The molecule has 1 aromatic carbocycles. The zero-order valence-corrected chi connectivity index (χ0v) is 14.2. The average Bonchev–Trinajstić information content (AvgIpc) is 2.55. The van der Waals surface area contributed by atoms with Gasteiger partial charge in [0, 0.05) is 19.7 Å². The van der Waals surface area contributed by atoms with Crippen LogP contribution in [0.15, 0.2) is 36.9 Å². The molecule has 0 radical (unpaired) electrons. The fourth-order valence-corrected chi connectivity index (χ4v) is 1.81. The van der Waals surface area contributed by atoms with E-state index in [1.807, 2.05) is 36.4 Å². The van der Waals surface area contributed by atoms with E-state index in [4.69, 9.17) is 4.74 Å². The van der Waals surface area contributed by atoms with Gasteiger partial charge in [-0.2, -0.15) is 0 Å². The molecule has 0 atom stereocenters. The van der Waals surface area contributed by atoms with Crippen LogP contribution in [-0.2, 0) is 4.74 Å². The van der Waals surface area contributed by atoms with Gasteiger partial charge in [-0.3, -0.25) is 4.90 Å². The smallest absolute Gasteiger partial charge is 0.0990 e. The highest BCUT2D eigenvalue weighted by Crippen LogP contribution is 1.99. The molecular weight excluding hydrogens is 258 g/mol. The quantitative estimate of drug-likeness (QED) is 0.548. The Bertz CT molecular complexity index is 305. The molecule has 21 heavy (non-hydrogen) atoms.